The molecule has 1 heterocycles. The molecule has 0 N–H and O–H groups in total. The van der Waals surface area contributed by atoms with Crippen molar-refractivity contribution in [1.82, 2.24) is 9.97 Å². The summed E-state index contributed by atoms with van der Waals surface area (Å²) in [5, 5.41) is 0. The van der Waals surface area contributed by atoms with Crippen molar-refractivity contribution >= 4 is 0 Å². The van der Waals surface area contributed by atoms with Crippen molar-refractivity contribution in [2.24, 2.45) is 0 Å². The zero-order valence-electron chi connectivity index (χ0n) is 6.88. The quantitative estimate of drug-likeness (QED) is 0.657. The van der Waals surface area contributed by atoms with Gasteiger partial charge in [-0.25, -0.2) is 0 Å². The van der Waals surface area contributed by atoms with Gasteiger partial charge in [0.15, 0.2) is 0 Å². The summed E-state index contributed by atoms with van der Waals surface area (Å²) in [5.74, 6) is 0. The molecule has 1 rings (SSSR count). The van der Waals surface area contributed by atoms with Gasteiger partial charge in [-0.1, -0.05) is 13.3 Å². The number of unbranched alkanes of at least 4 members (excludes halogenated alkanes) is 1. The van der Waals surface area contributed by atoms with Gasteiger partial charge in [0, 0.05) is 12.4 Å². The summed E-state index contributed by atoms with van der Waals surface area (Å²) >= 11 is 0. The summed E-state index contributed by atoms with van der Waals surface area (Å²) in [7, 11) is 0. The van der Waals surface area contributed by atoms with Crippen LogP contribution in [0.3, 0.4) is 0 Å². The number of aryl methyl sites for hydroxylation is 1. The van der Waals surface area contributed by atoms with Crippen LogP contribution in [0, 0.1) is 6.92 Å². The van der Waals surface area contributed by atoms with Crippen molar-refractivity contribution in [1.29, 1.82) is 0 Å². The molecule has 0 bridgehead atoms. The van der Waals surface area contributed by atoms with E-state index in [0.717, 1.165) is 17.8 Å². The molecule has 59 valence electrons. The van der Waals surface area contributed by atoms with E-state index in [2.05, 4.69) is 23.8 Å². The molecule has 11 heavy (non-hydrogen) atoms. The van der Waals surface area contributed by atoms with Crippen molar-refractivity contribution in [3.8, 4) is 0 Å². The average molecular weight is 149 g/mol. The Labute approximate surface area is 67.7 Å². The van der Waals surface area contributed by atoms with Crippen LogP contribution in [-0.4, -0.2) is 9.97 Å². The van der Waals surface area contributed by atoms with Gasteiger partial charge in [0.2, 0.25) is 0 Å². The van der Waals surface area contributed by atoms with Crippen LogP contribution in [0.15, 0.2) is 12.4 Å². The maximum Gasteiger partial charge on any atom is 0.0590 e. The minimum Gasteiger partial charge on any atom is -0.258 e. The van der Waals surface area contributed by atoms with E-state index in [1.807, 2.05) is 0 Å². The van der Waals surface area contributed by atoms with Gasteiger partial charge in [0.25, 0.3) is 0 Å². The fourth-order valence-electron chi connectivity index (χ4n) is 0.869. The van der Waals surface area contributed by atoms with Crippen molar-refractivity contribution in [2.75, 3.05) is 0 Å². The van der Waals surface area contributed by atoms with Crippen LogP contribution in [0.25, 0.3) is 0 Å². The summed E-state index contributed by atoms with van der Waals surface area (Å²) < 4.78 is 0. The Morgan fingerprint density at radius 2 is 2.18 bits per heavy atom. The molecule has 0 fully saturated rings. The molecule has 0 aliphatic heterocycles. The number of rotatable bonds is 3. The van der Waals surface area contributed by atoms with Crippen LogP contribution in [0.5, 0.6) is 0 Å². The lowest BCUT2D eigenvalue weighted by Crippen LogP contribution is -1.92. The van der Waals surface area contributed by atoms with E-state index in [1.165, 1.54) is 12.8 Å². The first-order valence-corrected chi connectivity index (χ1v) is 3.96. The lowest BCUT2D eigenvalue weighted by molar-refractivity contribution is 0.771. The Balaban J connectivity index is 2.52. The van der Waals surface area contributed by atoms with Gasteiger partial charge in [-0.3, -0.25) is 9.97 Å². The smallest absolute Gasteiger partial charge is 0.0590 e. The van der Waals surface area contributed by atoms with Crippen LogP contribution in [0.2, 0.25) is 0 Å². The highest BCUT2D eigenvalue weighted by Crippen LogP contribution is 1.99. The molecule has 1 aromatic rings. The largest absolute Gasteiger partial charge is 0.258 e. The van der Waals surface area contributed by atoms with Gasteiger partial charge in [-0.05, 0) is 19.8 Å². The highest BCUT2D eigenvalue weighted by Gasteiger charge is 1.92. The lowest BCUT2D eigenvalue weighted by atomic mass is 10.2. The molecule has 0 aliphatic rings. The molecule has 0 spiro atoms. The van der Waals surface area contributed by atoms with Crippen molar-refractivity contribution < 1.29 is 0 Å². The van der Waals surface area contributed by atoms with Crippen LogP contribution in [0.1, 0.15) is 31.2 Å². The Hall–Kier alpha value is -0.920. The minimum absolute atomic E-state index is 0.741. The van der Waals surface area contributed by atoms with Crippen LogP contribution >= 0.6 is 0 Å². The predicted molar refractivity (Wildman–Crippen MR) is 45.1 cm³/mol. The third-order valence-electron chi connectivity index (χ3n) is 1.55. The van der Waals surface area contributed by atoms with Gasteiger partial charge < -0.3 is 0 Å². The van der Waals surface area contributed by atoms with E-state index in [1.54, 1.807) is 12.4 Å². The van der Waals surface area contributed by atoms with Gasteiger partial charge in [0.1, 0.15) is 0 Å². The Kier molecular flexibility index (Phi) is 3.02. The van der Waals surface area contributed by atoms with Gasteiger partial charge in [-0.2, -0.15) is 0 Å². The highest BCUT2D eigenvalue weighted by atomic mass is 14.8. The first kappa shape index (κ1) is 8.18. The second-order valence-electron chi connectivity index (χ2n) is 2.60. The van der Waals surface area contributed by atoms with E-state index < -0.39 is 0 Å². The van der Waals surface area contributed by atoms with E-state index in [-0.39, 0.29) is 0 Å². The van der Waals surface area contributed by atoms with Crippen LogP contribution in [0.4, 0.5) is 0 Å². The molecule has 0 aromatic carbocycles. The van der Waals surface area contributed by atoms with Gasteiger partial charge >= 0.3 is 0 Å². The standard InChI is InChI=1S/C9H13N2/c1-3-4-5-9-7-10-8(2)6-11-9/h6-7H,2-5H2,1H3. The van der Waals surface area contributed by atoms with E-state index in [9.17, 15) is 0 Å². The zero-order valence-corrected chi connectivity index (χ0v) is 6.88. The lowest BCUT2D eigenvalue weighted by Gasteiger charge is -1.97. The Morgan fingerprint density at radius 3 is 2.73 bits per heavy atom. The number of aromatic nitrogens is 2. The average Bonchev–Trinajstić information content (AvgIpc) is 2.04. The summed E-state index contributed by atoms with van der Waals surface area (Å²) in [5.41, 5.74) is 1.81. The van der Waals surface area contributed by atoms with Crippen LogP contribution in [-0.2, 0) is 6.42 Å². The second kappa shape index (κ2) is 4.06. The highest BCUT2D eigenvalue weighted by molar-refractivity contribution is 5.04. The molecule has 0 aliphatic carbocycles. The molecular weight excluding hydrogens is 136 g/mol. The fourth-order valence-corrected chi connectivity index (χ4v) is 0.869. The van der Waals surface area contributed by atoms with Crippen LogP contribution < -0.4 is 0 Å². The summed E-state index contributed by atoms with van der Waals surface area (Å²) in [6, 6.07) is 0. The monoisotopic (exact) mass is 149 g/mol. The molecule has 0 unspecified atom stereocenters. The third kappa shape index (κ3) is 2.66. The van der Waals surface area contributed by atoms with Crippen molar-refractivity contribution in [3.63, 3.8) is 0 Å². The third-order valence-corrected chi connectivity index (χ3v) is 1.55. The maximum atomic E-state index is 4.19. The minimum atomic E-state index is 0.741. The molecule has 2 nitrogen and oxygen atoms in total. The normalized spacial score (nSPS) is 10.0. The molecular formula is C9H13N2. The summed E-state index contributed by atoms with van der Waals surface area (Å²) in [6.07, 6.45) is 6.94. The number of nitrogens with zero attached hydrogens (tertiary/aromatic N) is 2. The molecule has 0 atom stereocenters. The van der Waals surface area contributed by atoms with Gasteiger partial charge in [0.05, 0.1) is 11.4 Å². The maximum absolute atomic E-state index is 4.19. The summed E-state index contributed by atoms with van der Waals surface area (Å²) in [6.45, 7) is 5.84. The molecule has 0 amide bonds. The van der Waals surface area contributed by atoms with E-state index >= 15 is 0 Å². The Morgan fingerprint density at radius 1 is 1.36 bits per heavy atom. The molecule has 0 saturated carbocycles. The second-order valence-corrected chi connectivity index (χ2v) is 2.60. The van der Waals surface area contributed by atoms with Crippen molar-refractivity contribution in [3.05, 3.63) is 30.7 Å². The SMILES string of the molecule is [CH2]c1cnc(CCCC)cn1. The number of hydrogen-bond donors (Lipinski definition) is 0. The first-order chi connectivity index (χ1) is 5.33. The molecule has 1 aromatic heterocycles. The first-order valence-electron chi connectivity index (χ1n) is 3.96. The number of hydrogen-bond acceptors (Lipinski definition) is 2. The topological polar surface area (TPSA) is 25.8 Å². The fraction of sp³-hybridized carbons (Fsp3) is 0.444. The van der Waals surface area contributed by atoms with E-state index in [0.29, 0.717) is 0 Å². The molecule has 0 saturated heterocycles. The van der Waals surface area contributed by atoms with E-state index in [4.69, 9.17) is 0 Å². The van der Waals surface area contributed by atoms with Gasteiger partial charge in [-0.15, -0.1) is 0 Å². The predicted octanol–water partition coefficient (Wildman–Crippen LogP) is 2.00. The zero-order chi connectivity index (χ0) is 8.10. The van der Waals surface area contributed by atoms with Crippen molar-refractivity contribution in [2.45, 2.75) is 26.2 Å². The Bertz CT molecular complexity index is 203. The molecule has 1 radical (unpaired) electrons. The molecule has 2 heteroatoms. The summed E-state index contributed by atoms with van der Waals surface area (Å²) in [4.78, 5) is 8.25.